The van der Waals surface area contributed by atoms with Crippen molar-refractivity contribution in [3.63, 3.8) is 0 Å². The highest BCUT2D eigenvalue weighted by Gasteiger charge is 2.21. The Hall–Kier alpha value is -1.86. The molecular weight excluding hydrogens is 323 g/mol. The molecule has 0 saturated carbocycles. The van der Waals surface area contributed by atoms with Gasteiger partial charge in [-0.25, -0.2) is 4.39 Å². The van der Waals surface area contributed by atoms with E-state index in [4.69, 9.17) is 4.52 Å². The van der Waals surface area contributed by atoms with Crippen LogP contribution in [-0.4, -0.2) is 14.3 Å². The van der Waals surface area contributed by atoms with Gasteiger partial charge in [0.05, 0.1) is 4.88 Å². The first kappa shape index (κ1) is 15.1. The van der Waals surface area contributed by atoms with E-state index in [1.54, 1.807) is 19.1 Å². The van der Waals surface area contributed by atoms with Crippen LogP contribution in [0.2, 0.25) is 0 Å². The van der Waals surface area contributed by atoms with Crippen LogP contribution in [0.15, 0.2) is 46.3 Å². The first-order valence-corrected chi connectivity index (χ1v) is 8.89. The van der Waals surface area contributed by atoms with E-state index >= 15 is 0 Å². The molecule has 4 nitrogen and oxygen atoms in total. The lowest BCUT2D eigenvalue weighted by Gasteiger charge is -2.06. The lowest BCUT2D eigenvalue weighted by atomic mass is 10.2. The van der Waals surface area contributed by atoms with Crippen LogP contribution in [-0.2, 0) is 16.6 Å². The van der Waals surface area contributed by atoms with E-state index in [0.29, 0.717) is 17.5 Å². The number of hydrogen-bond donors (Lipinski definition) is 0. The van der Waals surface area contributed by atoms with Gasteiger partial charge < -0.3 is 4.52 Å². The van der Waals surface area contributed by atoms with Gasteiger partial charge in [-0.2, -0.15) is 4.98 Å². The summed E-state index contributed by atoms with van der Waals surface area (Å²) in [6.45, 7) is 1.78. The van der Waals surface area contributed by atoms with Crippen molar-refractivity contribution >= 4 is 22.1 Å². The van der Waals surface area contributed by atoms with E-state index in [2.05, 4.69) is 10.1 Å². The molecular formula is C15H13FN2O2S2. The maximum Gasteiger partial charge on any atom is 0.242 e. The standard InChI is InChI=1S/C15H13FN2O2S2/c1-10(22(19)9-11-4-6-12(16)7-5-11)15-17-14(18-20-15)13-3-2-8-21-13/h2-8,10H,9H2,1H3/t10-,22+/m0/s1. The molecule has 2 heterocycles. The van der Waals surface area contributed by atoms with E-state index in [1.807, 2.05) is 17.5 Å². The molecule has 0 aliphatic heterocycles. The predicted octanol–water partition coefficient (Wildman–Crippen LogP) is 3.95. The van der Waals surface area contributed by atoms with Crippen LogP contribution in [0.1, 0.15) is 23.6 Å². The number of thiophene rings is 1. The summed E-state index contributed by atoms with van der Waals surface area (Å²) < 4.78 is 30.5. The average Bonchev–Trinajstić information content (AvgIpc) is 3.19. The van der Waals surface area contributed by atoms with E-state index in [9.17, 15) is 8.60 Å². The van der Waals surface area contributed by atoms with Gasteiger partial charge in [-0.15, -0.1) is 11.3 Å². The number of rotatable bonds is 5. The third kappa shape index (κ3) is 3.31. The molecule has 0 saturated heterocycles. The quantitative estimate of drug-likeness (QED) is 0.708. The van der Waals surface area contributed by atoms with Crippen molar-refractivity contribution < 1.29 is 13.1 Å². The Morgan fingerprint density at radius 3 is 2.77 bits per heavy atom. The molecule has 1 aromatic carbocycles. The summed E-state index contributed by atoms with van der Waals surface area (Å²) in [6, 6.07) is 9.79. The van der Waals surface area contributed by atoms with Crippen LogP contribution in [0.3, 0.4) is 0 Å². The molecule has 3 rings (SSSR count). The van der Waals surface area contributed by atoms with Gasteiger partial charge in [-0.3, -0.25) is 4.21 Å². The largest absolute Gasteiger partial charge is 0.338 e. The van der Waals surface area contributed by atoms with Gasteiger partial charge >= 0.3 is 0 Å². The Bertz CT molecular complexity index is 769. The summed E-state index contributed by atoms with van der Waals surface area (Å²) in [7, 11) is -1.22. The van der Waals surface area contributed by atoms with Crippen molar-refractivity contribution in [2.24, 2.45) is 0 Å². The zero-order valence-corrected chi connectivity index (χ0v) is 13.4. The third-order valence-electron chi connectivity index (χ3n) is 3.15. The van der Waals surface area contributed by atoms with Crippen molar-refractivity contribution in [2.75, 3.05) is 0 Å². The summed E-state index contributed by atoms with van der Waals surface area (Å²) in [6.07, 6.45) is 0. The van der Waals surface area contributed by atoms with Crippen LogP contribution < -0.4 is 0 Å². The minimum Gasteiger partial charge on any atom is -0.338 e. The minimum absolute atomic E-state index is 0.305. The van der Waals surface area contributed by atoms with Gasteiger partial charge in [0.2, 0.25) is 11.7 Å². The number of hydrogen-bond acceptors (Lipinski definition) is 5. The summed E-state index contributed by atoms with van der Waals surface area (Å²) >= 11 is 1.52. The predicted molar refractivity (Wildman–Crippen MR) is 84.3 cm³/mol. The zero-order chi connectivity index (χ0) is 15.5. The fourth-order valence-electron chi connectivity index (χ4n) is 1.89. The third-order valence-corrected chi connectivity index (χ3v) is 5.62. The SMILES string of the molecule is C[C@@H](c1nc(-c2cccs2)no1)[S@](=O)Cc1ccc(F)cc1. The molecule has 3 aromatic rings. The molecule has 0 amide bonds. The number of halogens is 1. The smallest absolute Gasteiger partial charge is 0.242 e. The fraction of sp³-hybridized carbons (Fsp3) is 0.200. The highest BCUT2D eigenvalue weighted by Crippen LogP contribution is 2.26. The van der Waals surface area contributed by atoms with Crippen molar-refractivity contribution in [3.05, 3.63) is 59.0 Å². The molecule has 0 radical (unpaired) electrons. The Balaban J connectivity index is 1.71. The molecule has 0 bridgehead atoms. The molecule has 22 heavy (non-hydrogen) atoms. The van der Waals surface area contributed by atoms with Crippen LogP contribution >= 0.6 is 11.3 Å². The van der Waals surface area contributed by atoms with Gasteiger partial charge in [0.1, 0.15) is 11.1 Å². The molecule has 2 aromatic heterocycles. The lowest BCUT2D eigenvalue weighted by molar-refractivity contribution is 0.379. The normalized spacial score (nSPS) is 13.9. The molecule has 0 N–H and O–H groups in total. The van der Waals surface area contributed by atoms with Gasteiger partial charge in [-0.05, 0) is 36.1 Å². The summed E-state index contributed by atoms with van der Waals surface area (Å²) in [5, 5.41) is 5.47. The van der Waals surface area contributed by atoms with Crippen LogP contribution in [0, 0.1) is 5.82 Å². The zero-order valence-electron chi connectivity index (χ0n) is 11.7. The fourth-order valence-corrected chi connectivity index (χ4v) is 3.63. The molecule has 0 unspecified atom stereocenters. The van der Waals surface area contributed by atoms with E-state index in [-0.39, 0.29) is 11.1 Å². The Labute approximate surface area is 133 Å². The maximum absolute atomic E-state index is 12.9. The highest BCUT2D eigenvalue weighted by molar-refractivity contribution is 7.84. The van der Waals surface area contributed by atoms with Gasteiger partial charge in [0.25, 0.3) is 0 Å². The number of aromatic nitrogens is 2. The summed E-state index contributed by atoms with van der Waals surface area (Å²) in [4.78, 5) is 5.22. The molecule has 7 heteroatoms. The molecule has 0 aliphatic carbocycles. The van der Waals surface area contributed by atoms with Crippen molar-refractivity contribution in [2.45, 2.75) is 17.9 Å². The van der Waals surface area contributed by atoms with E-state index in [0.717, 1.165) is 10.4 Å². The second-order valence-corrected chi connectivity index (χ2v) is 7.43. The molecule has 2 atom stereocenters. The minimum atomic E-state index is -1.22. The van der Waals surface area contributed by atoms with Gasteiger partial charge in [0, 0.05) is 16.6 Å². The topological polar surface area (TPSA) is 56.0 Å². The molecule has 0 aliphatic rings. The Morgan fingerprint density at radius 1 is 1.32 bits per heavy atom. The Kier molecular flexibility index (Phi) is 4.44. The maximum atomic E-state index is 12.9. The molecule has 0 spiro atoms. The van der Waals surface area contributed by atoms with Gasteiger partial charge in [-0.1, -0.05) is 23.4 Å². The van der Waals surface area contributed by atoms with E-state index in [1.165, 1.54) is 23.5 Å². The van der Waals surface area contributed by atoms with Crippen LogP contribution in [0.4, 0.5) is 4.39 Å². The van der Waals surface area contributed by atoms with Crippen molar-refractivity contribution in [1.29, 1.82) is 0 Å². The van der Waals surface area contributed by atoms with Crippen LogP contribution in [0.5, 0.6) is 0 Å². The van der Waals surface area contributed by atoms with Crippen LogP contribution in [0.25, 0.3) is 10.7 Å². The number of nitrogens with zero attached hydrogens (tertiary/aromatic N) is 2. The average molecular weight is 336 g/mol. The molecule has 0 fully saturated rings. The second kappa shape index (κ2) is 6.50. The van der Waals surface area contributed by atoms with Crippen molar-refractivity contribution in [1.82, 2.24) is 10.1 Å². The highest BCUT2D eigenvalue weighted by atomic mass is 32.2. The molecule has 114 valence electrons. The first-order chi connectivity index (χ1) is 10.6. The van der Waals surface area contributed by atoms with E-state index < -0.39 is 10.8 Å². The monoisotopic (exact) mass is 336 g/mol. The summed E-state index contributed by atoms with van der Waals surface area (Å²) in [5.41, 5.74) is 0.810. The second-order valence-electron chi connectivity index (χ2n) is 4.73. The van der Waals surface area contributed by atoms with Gasteiger partial charge in [0.15, 0.2) is 0 Å². The lowest BCUT2D eigenvalue weighted by Crippen LogP contribution is -2.06. The summed E-state index contributed by atoms with van der Waals surface area (Å²) in [5.74, 6) is 0.873. The number of benzene rings is 1. The van der Waals surface area contributed by atoms with Crippen molar-refractivity contribution in [3.8, 4) is 10.7 Å². The first-order valence-electron chi connectivity index (χ1n) is 6.62. The Morgan fingerprint density at radius 2 is 2.09 bits per heavy atom.